The molecule has 0 aromatic carbocycles. The van der Waals surface area contributed by atoms with Gasteiger partial charge in [-0.1, -0.05) is 0 Å². The Kier molecular flexibility index (Phi) is 4.04. The van der Waals surface area contributed by atoms with Crippen LogP contribution in [0.1, 0.15) is 13.3 Å². The summed E-state index contributed by atoms with van der Waals surface area (Å²) in [7, 11) is 0. The molecule has 12 heavy (non-hydrogen) atoms. The minimum atomic E-state index is 0.860. The summed E-state index contributed by atoms with van der Waals surface area (Å²) in [5, 5.41) is 3.63. The third-order valence-corrected chi connectivity index (χ3v) is 2.11. The van der Waals surface area contributed by atoms with E-state index in [1.54, 1.807) is 0 Å². The fraction of sp³-hybridized carbons (Fsp3) is 0.875. The van der Waals surface area contributed by atoms with Crippen molar-refractivity contribution < 1.29 is 4.74 Å². The summed E-state index contributed by atoms with van der Waals surface area (Å²) in [6, 6.07) is 0. The Morgan fingerprint density at radius 1 is 1.50 bits per heavy atom. The Bertz CT molecular complexity index is 152. The van der Waals surface area contributed by atoms with Crippen LogP contribution in [0, 0.1) is 0 Å². The van der Waals surface area contributed by atoms with Gasteiger partial charge in [0.15, 0.2) is 0 Å². The first-order valence-electron chi connectivity index (χ1n) is 4.36. The van der Waals surface area contributed by atoms with Gasteiger partial charge in [0.05, 0.1) is 13.2 Å². The Labute approximate surface area is 73.4 Å². The molecule has 1 aliphatic heterocycles. The van der Waals surface area contributed by atoms with E-state index in [1.807, 2.05) is 6.92 Å². The topological polar surface area (TPSA) is 50.8 Å². The van der Waals surface area contributed by atoms with E-state index in [4.69, 9.17) is 10.6 Å². The molecule has 4 nitrogen and oxygen atoms in total. The standard InChI is InChI=1S/C8H17N3O/c1-8(10-9)2-3-11-4-6-12-7-5-11/h2-7,9H2,1H3/b10-8+. The first-order valence-corrected chi connectivity index (χ1v) is 4.36. The summed E-state index contributed by atoms with van der Waals surface area (Å²) in [5.74, 6) is 5.13. The van der Waals surface area contributed by atoms with Crippen molar-refractivity contribution in [3.8, 4) is 0 Å². The molecule has 0 saturated carbocycles. The highest BCUT2D eigenvalue weighted by Crippen LogP contribution is 1.98. The van der Waals surface area contributed by atoms with Gasteiger partial charge in [-0.15, -0.1) is 0 Å². The van der Waals surface area contributed by atoms with Gasteiger partial charge in [0.1, 0.15) is 0 Å². The van der Waals surface area contributed by atoms with Crippen LogP contribution < -0.4 is 5.84 Å². The van der Waals surface area contributed by atoms with Crippen LogP contribution in [0.2, 0.25) is 0 Å². The fourth-order valence-corrected chi connectivity index (χ4v) is 1.21. The van der Waals surface area contributed by atoms with Crippen molar-refractivity contribution in [3.63, 3.8) is 0 Å². The lowest BCUT2D eigenvalue weighted by Crippen LogP contribution is -2.37. The van der Waals surface area contributed by atoms with Gasteiger partial charge in [0.2, 0.25) is 0 Å². The lowest BCUT2D eigenvalue weighted by Gasteiger charge is -2.26. The van der Waals surface area contributed by atoms with Crippen LogP contribution in [0.4, 0.5) is 0 Å². The lowest BCUT2D eigenvalue weighted by molar-refractivity contribution is 0.0392. The van der Waals surface area contributed by atoms with Gasteiger partial charge < -0.3 is 10.6 Å². The quantitative estimate of drug-likeness (QED) is 0.370. The Hall–Kier alpha value is -0.610. The SMILES string of the molecule is C/C(CCN1CCOCC1)=N\N. The second kappa shape index (κ2) is 5.11. The normalized spacial score (nSPS) is 21.2. The molecule has 0 aliphatic carbocycles. The van der Waals surface area contributed by atoms with Crippen LogP contribution in [0.3, 0.4) is 0 Å². The van der Waals surface area contributed by atoms with Gasteiger partial charge >= 0.3 is 0 Å². The molecule has 1 saturated heterocycles. The minimum Gasteiger partial charge on any atom is -0.379 e. The number of ether oxygens (including phenoxy) is 1. The molecular formula is C8H17N3O. The Morgan fingerprint density at radius 2 is 2.17 bits per heavy atom. The zero-order chi connectivity index (χ0) is 8.81. The number of hydrogen-bond acceptors (Lipinski definition) is 4. The van der Waals surface area contributed by atoms with Crippen molar-refractivity contribution in [1.82, 2.24) is 4.90 Å². The van der Waals surface area contributed by atoms with Gasteiger partial charge in [-0.2, -0.15) is 5.10 Å². The van der Waals surface area contributed by atoms with Crippen molar-refractivity contribution in [1.29, 1.82) is 0 Å². The highest BCUT2D eigenvalue weighted by atomic mass is 16.5. The van der Waals surface area contributed by atoms with E-state index in [-0.39, 0.29) is 0 Å². The van der Waals surface area contributed by atoms with Crippen LogP contribution in [0.15, 0.2) is 5.10 Å². The van der Waals surface area contributed by atoms with Crippen LogP contribution in [-0.2, 0) is 4.74 Å². The predicted molar refractivity (Wildman–Crippen MR) is 49.2 cm³/mol. The molecule has 1 fully saturated rings. The van der Waals surface area contributed by atoms with E-state index >= 15 is 0 Å². The molecule has 0 amide bonds. The molecular weight excluding hydrogens is 154 g/mol. The van der Waals surface area contributed by atoms with Crippen LogP contribution >= 0.6 is 0 Å². The molecule has 70 valence electrons. The molecule has 0 bridgehead atoms. The third kappa shape index (κ3) is 3.19. The number of morpholine rings is 1. The van der Waals surface area contributed by atoms with Gasteiger partial charge in [-0.05, 0) is 13.3 Å². The summed E-state index contributed by atoms with van der Waals surface area (Å²) in [5.41, 5.74) is 1.02. The Balaban J connectivity index is 2.13. The number of nitrogens with zero attached hydrogens (tertiary/aromatic N) is 2. The second-order valence-electron chi connectivity index (χ2n) is 3.07. The maximum atomic E-state index is 5.24. The maximum absolute atomic E-state index is 5.24. The number of rotatable bonds is 3. The number of hydrogen-bond donors (Lipinski definition) is 1. The summed E-state index contributed by atoms with van der Waals surface area (Å²) in [4.78, 5) is 2.37. The molecule has 1 aliphatic rings. The minimum absolute atomic E-state index is 0.860. The van der Waals surface area contributed by atoms with E-state index < -0.39 is 0 Å². The molecule has 0 atom stereocenters. The average Bonchev–Trinajstić information content (AvgIpc) is 2.16. The van der Waals surface area contributed by atoms with Crippen LogP contribution in [-0.4, -0.2) is 43.5 Å². The smallest absolute Gasteiger partial charge is 0.0594 e. The van der Waals surface area contributed by atoms with E-state index in [0.717, 1.165) is 45.0 Å². The van der Waals surface area contributed by atoms with Crippen molar-refractivity contribution in [2.45, 2.75) is 13.3 Å². The van der Waals surface area contributed by atoms with E-state index in [0.29, 0.717) is 0 Å². The number of nitrogens with two attached hydrogens (primary N) is 1. The molecule has 0 unspecified atom stereocenters. The molecule has 0 radical (unpaired) electrons. The molecule has 0 spiro atoms. The first-order chi connectivity index (χ1) is 5.83. The maximum Gasteiger partial charge on any atom is 0.0594 e. The third-order valence-electron chi connectivity index (χ3n) is 2.11. The van der Waals surface area contributed by atoms with E-state index in [9.17, 15) is 0 Å². The van der Waals surface area contributed by atoms with E-state index in [2.05, 4.69) is 10.0 Å². The zero-order valence-corrected chi connectivity index (χ0v) is 7.62. The average molecular weight is 171 g/mol. The van der Waals surface area contributed by atoms with Crippen molar-refractivity contribution in [2.24, 2.45) is 10.9 Å². The monoisotopic (exact) mass is 171 g/mol. The predicted octanol–water partition coefficient (Wildman–Crippen LogP) is 0.0433. The molecule has 1 heterocycles. The van der Waals surface area contributed by atoms with Crippen molar-refractivity contribution in [3.05, 3.63) is 0 Å². The Morgan fingerprint density at radius 3 is 2.75 bits per heavy atom. The summed E-state index contributed by atoms with van der Waals surface area (Å²) in [6.45, 7) is 6.81. The molecule has 1 rings (SSSR count). The lowest BCUT2D eigenvalue weighted by atomic mass is 10.2. The molecule has 0 aromatic heterocycles. The van der Waals surface area contributed by atoms with E-state index in [1.165, 1.54) is 0 Å². The van der Waals surface area contributed by atoms with Crippen LogP contribution in [0.5, 0.6) is 0 Å². The first kappa shape index (κ1) is 9.48. The van der Waals surface area contributed by atoms with Crippen molar-refractivity contribution >= 4 is 5.71 Å². The van der Waals surface area contributed by atoms with Gasteiger partial charge in [0.25, 0.3) is 0 Å². The second-order valence-corrected chi connectivity index (χ2v) is 3.07. The zero-order valence-electron chi connectivity index (χ0n) is 7.62. The van der Waals surface area contributed by atoms with Gasteiger partial charge in [0, 0.05) is 25.3 Å². The number of hydrazone groups is 1. The molecule has 4 heteroatoms. The van der Waals surface area contributed by atoms with Crippen molar-refractivity contribution in [2.75, 3.05) is 32.8 Å². The van der Waals surface area contributed by atoms with Gasteiger partial charge in [-0.3, -0.25) is 4.90 Å². The summed E-state index contributed by atoms with van der Waals surface area (Å²) >= 11 is 0. The highest BCUT2D eigenvalue weighted by molar-refractivity contribution is 5.81. The molecule has 0 aromatic rings. The van der Waals surface area contributed by atoms with Crippen LogP contribution in [0.25, 0.3) is 0 Å². The highest BCUT2D eigenvalue weighted by Gasteiger charge is 2.09. The largest absolute Gasteiger partial charge is 0.379 e. The fourth-order valence-electron chi connectivity index (χ4n) is 1.21. The molecule has 2 N–H and O–H groups in total. The summed E-state index contributed by atoms with van der Waals surface area (Å²) in [6.07, 6.45) is 0.969. The van der Waals surface area contributed by atoms with Gasteiger partial charge in [-0.25, -0.2) is 0 Å². The summed E-state index contributed by atoms with van der Waals surface area (Å²) < 4.78 is 5.24.